The second-order valence-electron chi connectivity index (χ2n) is 2.10. The lowest BCUT2D eigenvalue weighted by atomic mass is 10.2. The monoisotopic (exact) mass is 192 g/mol. The molecule has 0 atom stereocenters. The summed E-state index contributed by atoms with van der Waals surface area (Å²) in [7, 11) is 0. The molecule has 62 valence electrons. The van der Waals surface area contributed by atoms with Crippen molar-refractivity contribution in [3.8, 4) is 0 Å². The summed E-state index contributed by atoms with van der Waals surface area (Å²) >= 11 is 5.70. The summed E-state index contributed by atoms with van der Waals surface area (Å²) in [6.07, 6.45) is 0. The van der Waals surface area contributed by atoms with Crippen LogP contribution in [0.4, 0.5) is 5.69 Å². The van der Waals surface area contributed by atoms with E-state index < -0.39 is 0 Å². The van der Waals surface area contributed by atoms with Gasteiger partial charge in [-0.3, -0.25) is 5.84 Å². The molecule has 0 aliphatic rings. The molecular formula is C7H10Cl2N2. The lowest BCUT2D eigenvalue weighted by Crippen LogP contribution is -2.07. The number of nitrogens with two attached hydrogens (primary N) is 1. The van der Waals surface area contributed by atoms with Gasteiger partial charge in [0.25, 0.3) is 0 Å². The molecule has 0 saturated carbocycles. The smallest absolute Gasteiger partial charge is 0.0529 e. The van der Waals surface area contributed by atoms with Gasteiger partial charge in [-0.25, -0.2) is 0 Å². The largest absolute Gasteiger partial charge is 0.324 e. The van der Waals surface area contributed by atoms with Crippen LogP contribution in [0, 0.1) is 6.92 Å². The molecule has 0 saturated heterocycles. The molecule has 3 N–H and O–H groups in total. The van der Waals surface area contributed by atoms with Gasteiger partial charge in [0.15, 0.2) is 0 Å². The summed E-state index contributed by atoms with van der Waals surface area (Å²) < 4.78 is 0. The highest BCUT2D eigenvalue weighted by molar-refractivity contribution is 6.30. The molecule has 0 aliphatic heterocycles. The Morgan fingerprint density at radius 3 is 2.55 bits per heavy atom. The Morgan fingerprint density at radius 2 is 2.09 bits per heavy atom. The number of hydrogen-bond donors (Lipinski definition) is 2. The van der Waals surface area contributed by atoms with E-state index >= 15 is 0 Å². The van der Waals surface area contributed by atoms with E-state index in [0.29, 0.717) is 5.02 Å². The molecule has 1 aromatic rings. The highest BCUT2D eigenvalue weighted by atomic mass is 35.5. The van der Waals surface area contributed by atoms with Crippen molar-refractivity contribution in [1.82, 2.24) is 0 Å². The zero-order chi connectivity index (χ0) is 7.56. The molecule has 0 aliphatic carbocycles. The lowest BCUT2D eigenvalue weighted by molar-refractivity contribution is 1.31. The third-order valence-corrected chi connectivity index (χ3v) is 1.59. The van der Waals surface area contributed by atoms with Crippen LogP contribution in [0.25, 0.3) is 0 Å². The SMILES string of the molecule is Cc1ccc(Cl)cc1NN.Cl. The molecule has 0 unspecified atom stereocenters. The van der Waals surface area contributed by atoms with Gasteiger partial charge in [0.05, 0.1) is 5.69 Å². The lowest BCUT2D eigenvalue weighted by Gasteiger charge is -2.03. The number of benzene rings is 1. The number of nitrogen functional groups attached to an aromatic ring is 1. The van der Waals surface area contributed by atoms with Crippen LogP contribution in [0.1, 0.15) is 5.56 Å². The van der Waals surface area contributed by atoms with Crippen LogP contribution < -0.4 is 11.3 Å². The average Bonchev–Trinajstić information content (AvgIpc) is 1.94. The van der Waals surface area contributed by atoms with E-state index in [0.717, 1.165) is 11.3 Å². The molecule has 0 amide bonds. The van der Waals surface area contributed by atoms with E-state index in [9.17, 15) is 0 Å². The van der Waals surface area contributed by atoms with E-state index in [1.54, 1.807) is 6.07 Å². The second-order valence-corrected chi connectivity index (χ2v) is 2.54. The number of aryl methyl sites for hydroxylation is 1. The molecule has 0 radical (unpaired) electrons. The molecule has 2 nitrogen and oxygen atoms in total. The van der Waals surface area contributed by atoms with Crippen molar-refractivity contribution in [3.05, 3.63) is 28.8 Å². The summed E-state index contributed by atoms with van der Waals surface area (Å²) in [6.45, 7) is 1.96. The van der Waals surface area contributed by atoms with Crippen LogP contribution in [0.5, 0.6) is 0 Å². The summed E-state index contributed by atoms with van der Waals surface area (Å²) in [5.41, 5.74) is 4.51. The topological polar surface area (TPSA) is 38.0 Å². The van der Waals surface area contributed by atoms with Crippen LogP contribution in [0.15, 0.2) is 18.2 Å². The van der Waals surface area contributed by atoms with Crippen molar-refractivity contribution in [3.63, 3.8) is 0 Å². The molecule has 0 aromatic heterocycles. The molecule has 0 fully saturated rings. The molecule has 0 bridgehead atoms. The quantitative estimate of drug-likeness (QED) is 0.530. The van der Waals surface area contributed by atoms with Crippen LogP contribution in [0.3, 0.4) is 0 Å². The number of anilines is 1. The van der Waals surface area contributed by atoms with Gasteiger partial charge in [0.2, 0.25) is 0 Å². The number of hydrogen-bond acceptors (Lipinski definition) is 2. The van der Waals surface area contributed by atoms with Gasteiger partial charge in [-0.05, 0) is 24.6 Å². The first-order valence-electron chi connectivity index (χ1n) is 2.97. The highest BCUT2D eigenvalue weighted by Crippen LogP contribution is 2.18. The van der Waals surface area contributed by atoms with Crippen molar-refractivity contribution in [2.24, 2.45) is 5.84 Å². The Hall–Kier alpha value is -0.440. The van der Waals surface area contributed by atoms with E-state index in [-0.39, 0.29) is 12.4 Å². The van der Waals surface area contributed by atoms with E-state index in [2.05, 4.69) is 5.43 Å². The Bertz CT molecular complexity index is 238. The minimum absolute atomic E-state index is 0. The zero-order valence-electron chi connectivity index (χ0n) is 6.10. The maximum atomic E-state index is 5.70. The van der Waals surface area contributed by atoms with Crippen molar-refractivity contribution >= 4 is 29.7 Å². The zero-order valence-corrected chi connectivity index (χ0v) is 7.67. The maximum absolute atomic E-state index is 5.70. The predicted molar refractivity (Wildman–Crippen MR) is 51.2 cm³/mol. The highest BCUT2D eigenvalue weighted by Gasteiger charge is 1.94. The molecule has 11 heavy (non-hydrogen) atoms. The van der Waals surface area contributed by atoms with Gasteiger partial charge in [-0.2, -0.15) is 0 Å². The van der Waals surface area contributed by atoms with Crippen LogP contribution in [-0.4, -0.2) is 0 Å². The van der Waals surface area contributed by atoms with Gasteiger partial charge >= 0.3 is 0 Å². The fraction of sp³-hybridized carbons (Fsp3) is 0.143. The average molecular weight is 193 g/mol. The number of nitrogens with one attached hydrogen (secondary N) is 1. The number of halogens is 2. The summed E-state index contributed by atoms with van der Waals surface area (Å²) in [5, 5.41) is 0.693. The third kappa shape index (κ3) is 2.58. The minimum atomic E-state index is 0. The minimum Gasteiger partial charge on any atom is -0.324 e. The predicted octanol–water partition coefficient (Wildman–Crippen LogP) is 2.36. The summed E-state index contributed by atoms with van der Waals surface area (Å²) in [5.74, 6) is 5.21. The second kappa shape index (κ2) is 4.44. The fourth-order valence-corrected chi connectivity index (χ4v) is 0.922. The van der Waals surface area contributed by atoms with Crippen LogP contribution in [0.2, 0.25) is 5.02 Å². The first kappa shape index (κ1) is 10.6. The summed E-state index contributed by atoms with van der Waals surface area (Å²) in [6, 6.07) is 5.53. The van der Waals surface area contributed by atoms with E-state index in [4.69, 9.17) is 17.4 Å². The Morgan fingerprint density at radius 1 is 1.45 bits per heavy atom. The molecule has 0 spiro atoms. The molecular weight excluding hydrogens is 183 g/mol. The Kier molecular flexibility index (Phi) is 4.26. The molecule has 1 rings (SSSR count). The number of hydrazine groups is 1. The van der Waals surface area contributed by atoms with Crippen molar-refractivity contribution in [2.45, 2.75) is 6.92 Å². The Balaban J connectivity index is 0.000001000. The van der Waals surface area contributed by atoms with Gasteiger partial charge < -0.3 is 5.43 Å². The first-order valence-corrected chi connectivity index (χ1v) is 3.34. The van der Waals surface area contributed by atoms with Gasteiger partial charge in [0.1, 0.15) is 0 Å². The van der Waals surface area contributed by atoms with Gasteiger partial charge in [0, 0.05) is 5.02 Å². The first-order chi connectivity index (χ1) is 4.74. The van der Waals surface area contributed by atoms with Gasteiger partial charge in [-0.1, -0.05) is 17.7 Å². The Labute approximate surface area is 77.1 Å². The maximum Gasteiger partial charge on any atom is 0.0529 e. The van der Waals surface area contributed by atoms with Gasteiger partial charge in [-0.15, -0.1) is 12.4 Å². The van der Waals surface area contributed by atoms with Crippen molar-refractivity contribution in [1.29, 1.82) is 0 Å². The molecule has 0 heterocycles. The van der Waals surface area contributed by atoms with Crippen LogP contribution >= 0.6 is 24.0 Å². The fourth-order valence-electron chi connectivity index (χ4n) is 0.750. The molecule has 1 aromatic carbocycles. The third-order valence-electron chi connectivity index (χ3n) is 1.36. The summed E-state index contributed by atoms with van der Waals surface area (Å²) in [4.78, 5) is 0. The van der Waals surface area contributed by atoms with Crippen molar-refractivity contribution < 1.29 is 0 Å². The molecule has 4 heteroatoms. The standard InChI is InChI=1S/C7H9ClN2.ClH/c1-5-2-3-6(8)4-7(5)10-9;/h2-4,10H,9H2,1H3;1H. The van der Waals surface area contributed by atoms with Crippen molar-refractivity contribution in [2.75, 3.05) is 5.43 Å². The normalized spacial score (nSPS) is 8.64. The van der Waals surface area contributed by atoms with E-state index in [1.165, 1.54) is 0 Å². The van der Waals surface area contributed by atoms with Crippen LogP contribution in [-0.2, 0) is 0 Å². The van der Waals surface area contributed by atoms with E-state index in [1.807, 2.05) is 19.1 Å². The number of rotatable bonds is 1.